The minimum atomic E-state index is -0.729. The van der Waals surface area contributed by atoms with E-state index in [1.54, 1.807) is 6.92 Å². The molecule has 0 aliphatic rings. The molecule has 122 valence electrons. The van der Waals surface area contributed by atoms with E-state index < -0.39 is 11.9 Å². The van der Waals surface area contributed by atoms with Crippen LogP contribution in [0.15, 0.2) is 60.7 Å². The Morgan fingerprint density at radius 3 is 2.58 bits per heavy atom. The lowest BCUT2D eigenvalue weighted by Crippen LogP contribution is -2.30. The van der Waals surface area contributed by atoms with E-state index in [-0.39, 0.29) is 10.9 Å². The maximum absolute atomic E-state index is 13.0. The van der Waals surface area contributed by atoms with Crippen molar-refractivity contribution >= 4 is 34.0 Å². The molecule has 0 radical (unpaired) electrons. The molecule has 3 aromatic carbocycles. The van der Waals surface area contributed by atoms with E-state index in [0.29, 0.717) is 11.4 Å². The van der Waals surface area contributed by atoms with Gasteiger partial charge in [0.05, 0.1) is 10.7 Å². The van der Waals surface area contributed by atoms with E-state index in [1.165, 1.54) is 12.1 Å². The third-order valence-corrected chi connectivity index (χ3v) is 3.90. The first kappa shape index (κ1) is 16.3. The smallest absolute Gasteiger partial charge is 0.265 e. The van der Waals surface area contributed by atoms with Crippen LogP contribution in [-0.2, 0) is 4.79 Å². The van der Waals surface area contributed by atoms with Crippen molar-refractivity contribution < 1.29 is 13.9 Å². The number of rotatable bonds is 4. The summed E-state index contributed by atoms with van der Waals surface area (Å²) in [7, 11) is 0. The molecule has 0 aromatic heterocycles. The lowest BCUT2D eigenvalue weighted by Gasteiger charge is -2.15. The molecular formula is C19H15ClFNO2. The van der Waals surface area contributed by atoms with Crippen molar-refractivity contribution in [3.05, 3.63) is 71.5 Å². The standard InChI is InChI=1S/C19H15ClFNO2/c1-12(19(23)22-18-9-7-15(21)11-17(18)20)24-16-8-6-13-4-2-3-5-14(13)10-16/h2-12H,1H3,(H,22,23)/t12-/m1/s1. The van der Waals surface area contributed by atoms with Gasteiger partial charge in [-0.3, -0.25) is 4.79 Å². The molecule has 0 bridgehead atoms. The molecule has 5 heteroatoms. The molecule has 0 aliphatic carbocycles. The number of hydrogen-bond donors (Lipinski definition) is 1. The first-order chi connectivity index (χ1) is 11.5. The van der Waals surface area contributed by atoms with Gasteiger partial charge in [-0.25, -0.2) is 4.39 Å². The van der Waals surface area contributed by atoms with Crippen LogP contribution in [0.1, 0.15) is 6.92 Å². The Hall–Kier alpha value is -2.59. The van der Waals surface area contributed by atoms with Crippen LogP contribution in [0.4, 0.5) is 10.1 Å². The van der Waals surface area contributed by atoms with Gasteiger partial charge in [0.2, 0.25) is 0 Å². The molecule has 3 aromatic rings. The van der Waals surface area contributed by atoms with E-state index in [4.69, 9.17) is 16.3 Å². The van der Waals surface area contributed by atoms with Gasteiger partial charge in [0, 0.05) is 0 Å². The van der Waals surface area contributed by atoms with Crippen molar-refractivity contribution in [2.75, 3.05) is 5.32 Å². The summed E-state index contributed by atoms with van der Waals surface area (Å²) >= 11 is 5.91. The molecule has 24 heavy (non-hydrogen) atoms. The normalized spacial score (nSPS) is 12.0. The molecule has 0 unspecified atom stereocenters. The predicted molar refractivity (Wildman–Crippen MR) is 94.1 cm³/mol. The van der Waals surface area contributed by atoms with Crippen molar-refractivity contribution in [3.63, 3.8) is 0 Å². The highest BCUT2D eigenvalue weighted by molar-refractivity contribution is 6.33. The fourth-order valence-electron chi connectivity index (χ4n) is 2.32. The number of anilines is 1. The maximum atomic E-state index is 13.0. The van der Waals surface area contributed by atoms with Gasteiger partial charge >= 0.3 is 0 Å². The summed E-state index contributed by atoms with van der Waals surface area (Å²) in [5.74, 6) is -0.225. The van der Waals surface area contributed by atoms with Gasteiger partial charge in [0.1, 0.15) is 11.6 Å². The number of halogens is 2. The van der Waals surface area contributed by atoms with E-state index in [1.807, 2.05) is 42.5 Å². The molecule has 3 rings (SSSR count). The fraction of sp³-hybridized carbons (Fsp3) is 0.105. The molecule has 0 saturated carbocycles. The number of amides is 1. The average molecular weight is 344 g/mol. The van der Waals surface area contributed by atoms with Crippen molar-refractivity contribution in [2.45, 2.75) is 13.0 Å². The molecule has 0 saturated heterocycles. The monoisotopic (exact) mass is 343 g/mol. The Morgan fingerprint density at radius 1 is 1.08 bits per heavy atom. The van der Waals surface area contributed by atoms with Gasteiger partial charge in [-0.05, 0) is 48.0 Å². The molecule has 0 fully saturated rings. The molecule has 0 aliphatic heterocycles. The van der Waals surface area contributed by atoms with Crippen LogP contribution in [0, 0.1) is 5.82 Å². The van der Waals surface area contributed by atoms with Crippen LogP contribution >= 0.6 is 11.6 Å². The lowest BCUT2D eigenvalue weighted by atomic mass is 10.1. The molecule has 1 N–H and O–H groups in total. The van der Waals surface area contributed by atoms with Gasteiger partial charge in [0.15, 0.2) is 6.10 Å². The van der Waals surface area contributed by atoms with Gasteiger partial charge in [-0.15, -0.1) is 0 Å². The van der Waals surface area contributed by atoms with Gasteiger partial charge in [-0.1, -0.05) is 41.9 Å². The van der Waals surface area contributed by atoms with Crippen molar-refractivity contribution in [3.8, 4) is 5.75 Å². The number of benzene rings is 3. The van der Waals surface area contributed by atoms with Crippen molar-refractivity contribution in [2.24, 2.45) is 0 Å². The fourth-order valence-corrected chi connectivity index (χ4v) is 2.54. The highest BCUT2D eigenvalue weighted by Crippen LogP contribution is 2.24. The zero-order valence-corrected chi connectivity index (χ0v) is 13.7. The van der Waals surface area contributed by atoms with E-state index in [2.05, 4.69) is 5.32 Å². The van der Waals surface area contributed by atoms with Crippen LogP contribution in [0.25, 0.3) is 10.8 Å². The first-order valence-electron chi connectivity index (χ1n) is 7.44. The minimum absolute atomic E-state index is 0.140. The van der Waals surface area contributed by atoms with E-state index in [0.717, 1.165) is 16.8 Å². The summed E-state index contributed by atoms with van der Waals surface area (Å²) in [6, 6.07) is 17.3. The lowest BCUT2D eigenvalue weighted by molar-refractivity contribution is -0.122. The van der Waals surface area contributed by atoms with Crippen molar-refractivity contribution in [1.82, 2.24) is 0 Å². The number of fused-ring (bicyclic) bond motifs is 1. The summed E-state index contributed by atoms with van der Waals surface area (Å²) in [6.07, 6.45) is -0.729. The maximum Gasteiger partial charge on any atom is 0.265 e. The minimum Gasteiger partial charge on any atom is -0.481 e. The Kier molecular flexibility index (Phi) is 4.67. The Balaban J connectivity index is 1.70. The summed E-state index contributed by atoms with van der Waals surface area (Å²) in [4.78, 5) is 12.2. The molecule has 0 spiro atoms. The predicted octanol–water partition coefficient (Wildman–Crippen LogP) is 5.04. The van der Waals surface area contributed by atoms with Crippen LogP contribution in [0.3, 0.4) is 0 Å². The molecule has 1 amide bonds. The number of hydrogen-bond acceptors (Lipinski definition) is 2. The first-order valence-corrected chi connectivity index (χ1v) is 7.82. The molecule has 3 nitrogen and oxygen atoms in total. The number of ether oxygens (including phenoxy) is 1. The number of nitrogens with one attached hydrogen (secondary N) is 1. The summed E-state index contributed by atoms with van der Waals surface area (Å²) in [5.41, 5.74) is 0.344. The average Bonchev–Trinajstić information content (AvgIpc) is 2.57. The summed E-state index contributed by atoms with van der Waals surface area (Å²) in [6.45, 7) is 1.64. The quantitative estimate of drug-likeness (QED) is 0.720. The van der Waals surface area contributed by atoms with Gasteiger partial charge in [0.25, 0.3) is 5.91 Å². The number of carbonyl (C=O) groups excluding carboxylic acids is 1. The topological polar surface area (TPSA) is 38.3 Å². The molecular weight excluding hydrogens is 329 g/mol. The summed E-state index contributed by atoms with van der Waals surface area (Å²) < 4.78 is 18.7. The van der Waals surface area contributed by atoms with Crippen LogP contribution in [0.5, 0.6) is 5.75 Å². The second-order valence-corrected chi connectivity index (χ2v) is 5.79. The molecule has 1 atom stereocenters. The Morgan fingerprint density at radius 2 is 1.83 bits per heavy atom. The van der Waals surface area contributed by atoms with E-state index in [9.17, 15) is 9.18 Å². The second kappa shape index (κ2) is 6.89. The Bertz CT molecular complexity index is 897. The zero-order valence-electron chi connectivity index (χ0n) is 12.9. The van der Waals surface area contributed by atoms with Crippen molar-refractivity contribution in [1.29, 1.82) is 0 Å². The third-order valence-electron chi connectivity index (χ3n) is 3.59. The largest absolute Gasteiger partial charge is 0.481 e. The third kappa shape index (κ3) is 3.66. The highest BCUT2D eigenvalue weighted by Gasteiger charge is 2.16. The SMILES string of the molecule is C[C@@H](Oc1ccc2ccccc2c1)C(=O)Nc1ccc(F)cc1Cl. The second-order valence-electron chi connectivity index (χ2n) is 5.38. The summed E-state index contributed by atoms with van der Waals surface area (Å²) in [5, 5.41) is 4.90. The number of carbonyl (C=O) groups is 1. The van der Waals surface area contributed by atoms with Crippen LogP contribution in [-0.4, -0.2) is 12.0 Å². The van der Waals surface area contributed by atoms with Gasteiger partial charge in [-0.2, -0.15) is 0 Å². The van der Waals surface area contributed by atoms with E-state index >= 15 is 0 Å². The van der Waals surface area contributed by atoms with Crippen LogP contribution in [0.2, 0.25) is 5.02 Å². The highest BCUT2D eigenvalue weighted by atomic mass is 35.5. The molecule has 0 heterocycles. The van der Waals surface area contributed by atoms with Gasteiger partial charge < -0.3 is 10.1 Å². The zero-order chi connectivity index (χ0) is 17.1. The Labute approximate surface area is 144 Å². The van der Waals surface area contributed by atoms with Crippen LogP contribution < -0.4 is 10.1 Å².